The largest absolute Gasteiger partial charge is 0.349 e. The molecule has 1 N–H and O–H groups in total. The number of carbonyl (C=O) groups excluding carboxylic acids is 1. The van der Waals surface area contributed by atoms with Gasteiger partial charge in [-0.3, -0.25) is 9.69 Å². The van der Waals surface area contributed by atoms with Crippen molar-refractivity contribution in [3.05, 3.63) is 65.2 Å². The lowest BCUT2D eigenvalue weighted by atomic mass is 9.94. The second kappa shape index (κ2) is 9.09. The van der Waals surface area contributed by atoms with E-state index in [2.05, 4.69) is 41.4 Å². The number of rotatable bonds is 6. The highest BCUT2D eigenvalue weighted by Gasteiger charge is 2.26. The first-order chi connectivity index (χ1) is 13.7. The lowest BCUT2D eigenvalue weighted by Crippen LogP contribution is -2.41. The Morgan fingerprint density at radius 1 is 1.10 bits per heavy atom. The number of piperidine rings is 1. The minimum atomic E-state index is -3.21. The Morgan fingerprint density at radius 2 is 1.72 bits per heavy atom. The average Bonchev–Trinajstić information content (AvgIpc) is 2.69. The molecule has 1 atom stereocenters. The van der Waals surface area contributed by atoms with Gasteiger partial charge in [0.25, 0.3) is 0 Å². The van der Waals surface area contributed by atoms with Crippen molar-refractivity contribution in [1.29, 1.82) is 0 Å². The molecule has 0 radical (unpaired) electrons. The molecule has 5 nitrogen and oxygen atoms in total. The van der Waals surface area contributed by atoms with Gasteiger partial charge in [0.15, 0.2) is 9.84 Å². The molecule has 1 amide bonds. The van der Waals surface area contributed by atoms with Gasteiger partial charge in [0.1, 0.15) is 0 Å². The summed E-state index contributed by atoms with van der Waals surface area (Å²) >= 11 is 0. The number of hydrogen-bond donors (Lipinski definition) is 1. The molecule has 156 valence electrons. The Morgan fingerprint density at radius 3 is 2.31 bits per heavy atom. The van der Waals surface area contributed by atoms with Gasteiger partial charge in [0, 0.05) is 18.7 Å². The van der Waals surface area contributed by atoms with Crippen molar-refractivity contribution in [1.82, 2.24) is 10.2 Å². The van der Waals surface area contributed by atoms with Crippen molar-refractivity contribution in [2.45, 2.75) is 44.2 Å². The molecule has 2 aromatic rings. The molecule has 29 heavy (non-hydrogen) atoms. The molecule has 2 aromatic carbocycles. The monoisotopic (exact) mass is 414 g/mol. The molecule has 0 spiro atoms. The van der Waals surface area contributed by atoms with Crippen LogP contribution in [-0.2, 0) is 21.2 Å². The van der Waals surface area contributed by atoms with Gasteiger partial charge in [-0.25, -0.2) is 8.42 Å². The van der Waals surface area contributed by atoms with E-state index in [0.29, 0.717) is 4.90 Å². The van der Waals surface area contributed by atoms with Crippen LogP contribution in [0.2, 0.25) is 0 Å². The van der Waals surface area contributed by atoms with Gasteiger partial charge in [0.05, 0.1) is 10.9 Å². The second-order valence-corrected chi connectivity index (χ2v) is 10.1. The van der Waals surface area contributed by atoms with Gasteiger partial charge in [0.2, 0.25) is 5.91 Å². The van der Waals surface area contributed by atoms with Crippen LogP contribution in [0, 0.1) is 12.8 Å². The Kier molecular flexibility index (Phi) is 6.75. The SMILES string of the molecule is Cc1ccccc1CN1CCC(C(=O)NC(C)c2ccc(S(C)(=O)=O)cc2)CC1. The molecule has 0 aromatic heterocycles. The van der Waals surface area contributed by atoms with Crippen molar-refractivity contribution in [2.75, 3.05) is 19.3 Å². The van der Waals surface area contributed by atoms with Crippen molar-refractivity contribution in [2.24, 2.45) is 5.92 Å². The lowest BCUT2D eigenvalue weighted by molar-refractivity contribution is -0.127. The fourth-order valence-electron chi connectivity index (χ4n) is 3.80. The number of likely N-dealkylation sites (tertiary alicyclic amines) is 1. The third-order valence-corrected chi connectivity index (χ3v) is 6.91. The van der Waals surface area contributed by atoms with Crippen LogP contribution in [0.5, 0.6) is 0 Å². The molecule has 1 unspecified atom stereocenters. The van der Waals surface area contributed by atoms with E-state index < -0.39 is 9.84 Å². The number of nitrogens with one attached hydrogen (secondary N) is 1. The number of sulfone groups is 1. The van der Waals surface area contributed by atoms with E-state index in [0.717, 1.165) is 38.0 Å². The van der Waals surface area contributed by atoms with Crippen LogP contribution in [0.3, 0.4) is 0 Å². The Hall–Kier alpha value is -2.18. The van der Waals surface area contributed by atoms with Crippen LogP contribution < -0.4 is 5.32 Å². The zero-order chi connectivity index (χ0) is 21.0. The van der Waals surface area contributed by atoms with Crippen LogP contribution in [0.25, 0.3) is 0 Å². The summed E-state index contributed by atoms with van der Waals surface area (Å²) in [6.07, 6.45) is 2.91. The maximum absolute atomic E-state index is 12.7. The highest BCUT2D eigenvalue weighted by Crippen LogP contribution is 2.22. The van der Waals surface area contributed by atoms with Crippen molar-refractivity contribution in [3.8, 4) is 0 Å². The van der Waals surface area contributed by atoms with Crippen LogP contribution in [0.4, 0.5) is 0 Å². The van der Waals surface area contributed by atoms with Crippen LogP contribution in [0.1, 0.15) is 42.5 Å². The molecular weight excluding hydrogens is 384 g/mol. The summed E-state index contributed by atoms with van der Waals surface area (Å²) in [6, 6.07) is 15.0. The first kappa shape index (κ1) is 21.5. The molecule has 1 saturated heterocycles. The summed E-state index contributed by atoms with van der Waals surface area (Å²) in [4.78, 5) is 15.4. The zero-order valence-electron chi connectivity index (χ0n) is 17.4. The first-order valence-corrected chi connectivity index (χ1v) is 12.0. The van der Waals surface area contributed by atoms with Crippen molar-refractivity contribution >= 4 is 15.7 Å². The molecular formula is C23H30N2O3S. The van der Waals surface area contributed by atoms with Crippen molar-refractivity contribution < 1.29 is 13.2 Å². The normalized spacial score (nSPS) is 17.1. The highest BCUT2D eigenvalue weighted by molar-refractivity contribution is 7.90. The summed E-state index contributed by atoms with van der Waals surface area (Å²) in [5, 5.41) is 3.09. The maximum Gasteiger partial charge on any atom is 0.223 e. The molecule has 0 bridgehead atoms. The molecule has 1 heterocycles. The molecule has 1 aliphatic rings. The summed E-state index contributed by atoms with van der Waals surface area (Å²) in [6.45, 7) is 6.85. The average molecular weight is 415 g/mol. The fourth-order valence-corrected chi connectivity index (χ4v) is 4.43. The predicted octanol–water partition coefficient (Wildman–Crippen LogP) is 3.49. The smallest absolute Gasteiger partial charge is 0.223 e. The fraction of sp³-hybridized carbons (Fsp3) is 0.435. The van der Waals surface area contributed by atoms with E-state index in [1.54, 1.807) is 24.3 Å². The van der Waals surface area contributed by atoms with E-state index in [1.165, 1.54) is 17.4 Å². The molecule has 3 rings (SSSR count). The highest BCUT2D eigenvalue weighted by atomic mass is 32.2. The minimum Gasteiger partial charge on any atom is -0.349 e. The summed E-state index contributed by atoms with van der Waals surface area (Å²) in [5.74, 6) is 0.112. The molecule has 1 fully saturated rings. The molecule has 0 saturated carbocycles. The van der Waals surface area contributed by atoms with Crippen molar-refractivity contribution in [3.63, 3.8) is 0 Å². The van der Waals surface area contributed by atoms with Gasteiger partial charge in [-0.2, -0.15) is 0 Å². The number of aryl methyl sites for hydroxylation is 1. The summed E-state index contributed by atoms with van der Waals surface area (Å²) in [7, 11) is -3.21. The summed E-state index contributed by atoms with van der Waals surface area (Å²) in [5.41, 5.74) is 3.56. The first-order valence-electron chi connectivity index (χ1n) is 10.1. The van der Waals surface area contributed by atoms with Gasteiger partial charge < -0.3 is 5.32 Å². The number of nitrogens with zero attached hydrogens (tertiary/aromatic N) is 1. The van der Waals surface area contributed by atoms with E-state index in [-0.39, 0.29) is 17.9 Å². The van der Waals surface area contributed by atoms with Crippen LogP contribution in [0.15, 0.2) is 53.4 Å². The van der Waals surface area contributed by atoms with E-state index in [1.807, 2.05) is 6.92 Å². The van der Waals surface area contributed by atoms with Crippen LogP contribution in [-0.4, -0.2) is 38.6 Å². The predicted molar refractivity (Wildman–Crippen MR) is 115 cm³/mol. The molecule has 0 aliphatic carbocycles. The molecule has 6 heteroatoms. The van der Waals surface area contributed by atoms with E-state index in [9.17, 15) is 13.2 Å². The van der Waals surface area contributed by atoms with Crippen LogP contribution >= 0.6 is 0 Å². The third kappa shape index (κ3) is 5.67. The van der Waals surface area contributed by atoms with Gasteiger partial charge in [-0.1, -0.05) is 36.4 Å². The maximum atomic E-state index is 12.7. The topological polar surface area (TPSA) is 66.5 Å². The van der Waals surface area contributed by atoms with E-state index >= 15 is 0 Å². The number of carbonyl (C=O) groups is 1. The second-order valence-electron chi connectivity index (χ2n) is 8.05. The quantitative estimate of drug-likeness (QED) is 0.786. The van der Waals surface area contributed by atoms with Gasteiger partial charge in [-0.15, -0.1) is 0 Å². The third-order valence-electron chi connectivity index (χ3n) is 5.78. The lowest BCUT2D eigenvalue weighted by Gasteiger charge is -2.32. The number of hydrogen-bond acceptors (Lipinski definition) is 4. The standard InChI is InChI=1S/C23H30N2O3S/c1-17-6-4-5-7-21(17)16-25-14-12-20(13-15-25)23(26)24-18(2)19-8-10-22(11-9-19)29(3,27)28/h4-11,18,20H,12-16H2,1-3H3,(H,24,26). The minimum absolute atomic E-state index is 0.0286. The Bertz CT molecular complexity index is 946. The summed E-state index contributed by atoms with van der Waals surface area (Å²) < 4.78 is 23.2. The zero-order valence-corrected chi connectivity index (χ0v) is 18.2. The van der Waals surface area contributed by atoms with Gasteiger partial charge >= 0.3 is 0 Å². The van der Waals surface area contributed by atoms with E-state index in [4.69, 9.17) is 0 Å². The Balaban J connectivity index is 1.51. The number of amides is 1. The van der Waals surface area contributed by atoms with Gasteiger partial charge in [-0.05, 0) is 68.6 Å². The molecule has 1 aliphatic heterocycles. The Labute approximate surface area is 174 Å². The number of benzene rings is 2.